The minimum Gasteiger partial charge on any atom is -0.476 e. The van der Waals surface area contributed by atoms with Crippen LogP contribution in [0.4, 0.5) is 5.95 Å². The molecule has 6 bridgehead atoms. The predicted octanol–water partition coefficient (Wildman–Crippen LogP) is 4.90. The van der Waals surface area contributed by atoms with Crippen LogP contribution in [0.15, 0.2) is 60.9 Å². The van der Waals surface area contributed by atoms with Crippen LogP contribution in [-0.4, -0.2) is 86.4 Å². The maximum Gasteiger partial charge on any atom is 0.459 e. The second-order valence-electron chi connectivity index (χ2n) is 13.2. The van der Waals surface area contributed by atoms with Crippen molar-refractivity contribution in [1.82, 2.24) is 24.6 Å². The number of ether oxygens (including phenoxy) is 3. The topological polar surface area (TPSA) is 188 Å². The molecule has 2 aliphatic heterocycles. The number of rotatable bonds is 5. The van der Waals surface area contributed by atoms with Crippen LogP contribution in [-0.2, 0) is 23.4 Å². The molecule has 6 atom stereocenters. The summed E-state index contributed by atoms with van der Waals surface area (Å²) in [6.07, 6.45) is 3.56. The number of hydrogen-bond donors (Lipinski definition) is 4. The molecular formula is C35H45N6O9P. The number of esters is 1. The number of hydrogen-bond acceptors (Lipinski definition) is 13. The third-order valence-corrected chi connectivity index (χ3v) is 10.3. The number of cyclic esters (lactones) is 1. The number of nitrogens with one attached hydrogen (secondary N) is 2. The van der Waals surface area contributed by atoms with E-state index in [1.807, 2.05) is 56.3 Å². The molecule has 15 nitrogen and oxygen atoms in total. The van der Waals surface area contributed by atoms with Crippen LogP contribution in [0.5, 0.6) is 11.6 Å². The fourth-order valence-electron chi connectivity index (χ4n) is 6.12. The monoisotopic (exact) mass is 724 g/mol. The van der Waals surface area contributed by atoms with Crippen molar-refractivity contribution in [3.63, 3.8) is 0 Å². The Morgan fingerprint density at radius 3 is 2.71 bits per heavy atom. The van der Waals surface area contributed by atoms with Crippen molar-refractivity contribution < 1.29 is 42.8 Å². The van der Waals surface area contributed by atoms with E-state index in [1.54, 1.807) is 19.2 Å². The molecule has 0 aliphatic carbocycles. The zero-order valence-corrected chi connectivity index (χ0v) is 30.0. The highest BCUT2D eigenvalue weighted by molar-refractivity contribution is 7.52. The molecule has 4 N–H and O–H groups in total. The summed E-state index contributed by atoms with van der Waals surface area (Å²) in [5.74, 6) is 0.162. The number of imidazole rings is 1. The maximum absolute atomic E-state index is 14.8. The molecule has 51 heavy (non-hydrogen) atoms. The lowest BCUT2D eigenvalue weighted by Crippen LogP contribution is -2.44. The number of nitrogens with zero attached hydrogens (tertiary/aromatic N) is 4. The molecule has 1 fully saturated rings. The molecule has 2 aromatic heterocycles. The average molecular weight is 725 g/mol. The van der Waals surface area contributed by atoms with Gasteiger partial charge >= 0.3 is 13.7 Å². The first kappa shape index (κ1) is 36.7. The number of aliphatic hydroxyl groups excluding tert-OH is 1. The molecule has 1 saturated heterocycles. The number of carbonyl (C=O) groups is 1. The second kappa shape index (κ2) is 15.6. The Morgan fingerprint density at radius 1 is 1.12 bits per heavy atom. The van der Waals surface area contributed by atoms with Crippen molar-refractivity contribution in [1.29, 1.82) is 0 Å². The van der Waals surface area contributed by atoms with Gasteiger partial charge in [0.25, 0.3) is 0 Å². The van der Waals surface area contributed by atoms with Crippen LogP contribution >= 0.6 is 7.75 Å². The molecule has 0 saturated carbocycles. The highest BCUT2D eigenvalue weighted by atomic mass is 31.2. The van der Waals surface area contributed by atoms with E-state index >= 15 is 0 Å². The first-order chi connectivity index (χ1) is 24.5. The van der Waals surface area contributed by atoms with Gasteiger partial charge in [-0.1, -0.05) is 62.4 Å². The summed E-state index contributed by atoms with van der Waals surface area (Å²) in [6, 6.07) is 11.7. The fraction of sp³-hybridized carbons (Fsp3) is 0.486. The van der Waals surface area contributed by atoms with Gasteiger partial charge in [0.05, 0.1) is 26.1 Å². The average Bonchev–Trinajstić information content (AvgIpc) is 3.62. The Hall–Kier alpha value is -4.11. The standard InChI is InChI=1S/C35H45N6O9P/c1-22(2)19-25-32(43)47-18-11-7-5-6-10-17-46-31-28-30(38-34(36-4)39-31)41(21-37-28)33-35(3,44)29(42)27(49-33)20-48-51(45,40-25)50-26-16-12-14-23-13-8-9-15-24(23)26/h5-6,8-9,12-16,21-22,25,27,29,33,42,44H,7,10-11,17-20H2,1-4H3,(H,40,45)(H,36,38,39)/t25-,27?,29+,33?,35+,51?/m0/s1. The molecule has 16 heteroatoms. The van der Waals surface area contributed by atoms with Gasteiger partial charge in [-0.05, 0) is 50.0 Å². The van der Waals surface area contributed by atoms with E-state index in [9.17, 15) is 19.6 Å². The number of allylic oxidation sites excluding steroid dienone is 1. The summed E-state index contributed by atoms with van der Waals surface area (Å²) in [6.45, 7) is 5.25. The molecule has 0 amide bonds. The molecule has 6 rings (SSSR count). The Balaban J connectivity index is 1.36. The predicted molar refractivity (Wildman–Crippen MR) is 189 cm³/mol. The first-order valence-electron chi connectivity index (χ1n) is 17.1. The SMILES string of the molecule is CNc1nc2c3ncn(c3n1)C1OC(COP(=O)(Oc3cccc4ccccc34)N[C@@H](CC(C)C)C(=O)OCCCC=CCCO2)[C@@H](O)[C@@]1(C)O. The van der Waals surface area contributed by atoms with Crippen molar-refractivity contribution >= 4 is 41.6 Å². The number of fused-ring (bicyclic) bond motifs is 4. The van der Waals surface area contributed by atoms with Crippen molar-refractivity contribution in [3.05, 3.63) is 60.9 Å². The second-order valence-corrected chi connectivity index (χ2v) is 14.9. The van der Waals surface area contributed by atoms with Crippen LogP contribution in [0.25, 0.3) is 21.9 Å². The smallest absolute Gasteiger partial charge is 0.459 e. The van der Waals surface area contributed by atoms with E-state index in [-0.39, 0.29) is 36.5 Å². The van der Waals surface area contributed by atoms with Crippen LogP contribution in [0, 0.1) is 5.92 Å². The molecule has 274 valence electrons. The van der Waals surface area contributed by atoms with E-state index in [4.69, 9.17) is 23.3 Å². The van der Waals surface area contributed by atoms with Crippen molar-refractivity contribution in [2.24, 2.45) is 5.92 Å². The minimum absolute atomic E-state index is 0.0124. The summed E-state index contributed by atoms with van der Waals surface area (Å²) < 4.78 is 46.2. The normalized spacial score (nSPS) is 28.3. The summed E-state index contributed by atoms with van der Waals surface area (Å²) in [7, 11) is -2.75. The lowest BCUT2D eigenvalue weighted by atomic mass is 9.96. The third-order valence-electron chi connectivity index (χ3n) is 8.75. The van der Waals surface area contributed by atoms with E-state index in [2.05, 4.69) is 25.4 Å². The van der Waals surface area contributed by atoms with Crippen molar-refractivity contribution in [3.8, 4) is 11.6 Å². The molecular weight excluding hydrogens is 679 g/mol. The Kier molecular flexibility index (Phi) is 11.2. The molecule has 4 aromatic rings. The summed E-state index contributed by atoms with van der Waals surface area (Å²) in [5.41, 5.74) is -1.25. The van der Waals surface area contributed by atoms with Crippen LogP contribution in [0.1, 0.15) is 52.7 Å². The van der Waals surface area contributed by atoms with Crippen LogP contribution < -0.4 is 19.7 Å². The number of aromatic nitrogens is 4. The quantitative estimate of drug-likeness (QED) is 0.124. The molecule has 3 unspecified atom stereocenters. The van der Waals surface area contributed by atoms with Gasteiger partial charge in [0.15, 0.2) is 17.4 Å². The van der Waals surface area contributed by atoms with Crippen molar-refractivity contribution in [2.75, 3.05) is 32.2 Å². The van der Waals surface area contributed by atoms with Crippen LogP contribution in [0.2, 0.25) is 0 Å². The Labute approximate surface area is 295 Å². The van der Waals surface area contributed by atoms with Gasteiger partial charge in [-0.3, -0.25) is 13.9 Å². The largest absolute Gasteiger partial charge is 0.476 e. The van der Waals surface area contributed by atoms with E-state index in [0.717, 1.165) is 5.39 Å². The molecule has 0 radical (unpaired) electrons. The zero-order valence-electron chi connectivity index (χ0n) is 29.1. The zero-order chi connectivity index (χ0) is 36.2. The van der Waals surface area contributed by atoms with Crippen molar-refractivity contribution in [2.45, 2.75) is 76.5 Å². The van der Waals surface area contributed by atoms with Gasteiger partial charge in [-0.2, -0.15) is 15.1 Å². The lowest BCUT2D eigenvalue weighted by molar-refractivity contribution is -0.146. The third kappa shape index (κ3) is 8.19. The van der Waals surface area contributed by atoms with Crippen LogP contribution in [0.3, 0.4) is 0 Å². The van der Waals surface area contributed by atoms with Gasteiger partial charge in [0, 0.05) is 12.4 Å². The van der Waals surface area contributed by atoms with E-state index < -0.39 is 50.4 Å². The maximum atomic E-state index is 14.8. The molecule has 0 spiro atoms. The molecule has 4 heterocycles. The van der Waals surface area contributed by atoms with Gasteiger partial charge in [-0.25, -0.2) is 9.55 Å². The number of aliphatic hydroxyl groups is 2. The van der Waals surface area contributed by atoms with Gasteiger partial charge in [0.2, 0.25) is 11.8 Å². The summed E-state index contributed by atoms with van der Waals surface area (Å²) >= 11 is 0. The van der Waals surface area contributed by atoms with E-state index in [0.29, 0.717) is 42.4 Å². The lowest BCUT2D eigenvalue weighted by Gasteiger charge is -2.28. The number of carbonyl (C=O) groups excluding carboxylic acids is 1. The molecule has 2 aromatic carbocycles. The fourth-order valence-corrected chi connectivity index (χ4v) is 7.65. The Morgan fingerprint density at radius 2 is 1.90 bits per heavy atom. The summed E-state index contributed by atoms with van der Waals surface area (Å²) in [5, 5.41) is 30.3. The van der Waals surface area contributed by atoms with Gasteiger partial charge < -0.3 is 34.3 Å². The summed E-state index contributed by atoms with van der Waals surface area (Å²) in [4.78, 5) is 26.9. The van der Waals surface area contributed by atoms with Gasteiger partial charge in [-0.15, -0.1) is 0 Å². The number of anilines is 1. The highest BCUT2D eigenvalue weighted by Crippen LogP contribution is 2.49. The molecule has 2 aliphatic rings. The van der Waals surface area contributed by atoms with Gasteiger partial charge in [0.1, 0.15) is 29.6 Å². The Bertz CT molecular complexity index is 1910. The number of benzene rings is 2. The minimum atomic E-state index is -4.41. The highest BCUT2D eigenvalue weighted by Gasteiger charge is 2.54. The van der Waals surface area contributed by atoms with E-state index in [1.165, 1.54) is 17.8 Å². The first-order valence-corrected chi connectivity index (χ1v) is 18.7.